The molecule has 0 radical (unpaired) electrons. The monoisotopic (exact) mass is 452 g/mol. The number of nitrogens with zero attached hydrogens (tertiary/aromatic N) is 1. The highest BCUT2D eigenvalue weighted by Gasteiger charge is 2.22. The molecule has 0 saturated carbocycles. The van der Waals surface area contributed by atoms with Gasteiger partial charge in [0.25, 0.3) is 5.91 Å². The zero-order valence-corrected chi connectivity index (χ0v) is 17.6. The van der Waals surface area contributed by atoms with Crippen molar-refractivity contribution >= 4 is 33.5 Å². The highest BCUT2D eigenvalue weighted by molar-refractivity contribution is 7.89. The molecular formula is C20H21ClN2O6S. The molecule has 1 saturated heterocycles. The second-order valence-electron chi connectivity index (χ2n) is 6.52. The SMILES string of the molecule is O=C(OCC(=O)N1CCOCC1)c1ccc(Cl)c(S(=O)(=O)NCc2ccccc2)c1. The molecule has 1 aliphatic rings. The number of carbonyl (C=O) groups is 2. The van der Waals surface area contributed by atoms with Gasteiger partial charge in [0, 0.05) is 19.6 Å². The zero-order valence-electron chi connectivity index (χ0n) is 16.0. The number of halogens is 1. The summed E-state index contributed by atoms with van der Waals surface area (Å²) in [5.41, 5.74) is 0.753. The van der Waals surface area contributed by atoms with E-state index in [0.717, 1.165) is 11.6 Å². The van der Waals surface area contributed by atoms with Crippen molar-refractivity contribution in [3.63, 3.8) is 0 Å². The fraction of sp³-hybridized carbons (Fsp3) is 0.300. The van der Waals surface area contributed by atoms with Crippen molar-refractivity contribution in [1.82, 2.24) is 9.62 Å². The molecule has 10 heteroatoms. The Kier molecular flexibility index (Phi) is 7.43. The number of amides is 1. The first-order valence-electron chi connectivity index (χ1n) is 9.22. The van der Waals surface area contributed by atoms with Gasteiger partial charge in [-0.15, -0.1) is 0 Å². The first-order chi connectivity index (χ1) is 14.4. The first kappa shape index (κ1) is 22.2. The summed E-state index contributed by atoms with van der Waals surface area (Å²) in [5.74, 6) is -1.15. The van der Waals surface area contributed by atoms with E-state index in [1.807, 2.05) is 6.07 Å². The van der Waals surface area contributed by atoms with Crippen LogP contribution >= 0.6 is 11.6 Å². The highest BCUT2D eigenvalue weighted by atomic mass is 35.5. The smallest absolute Gasteiger partial charge is 0.338 e. The Morgan fingerprint density at radius 3 is 2.50 bits per heavy atom. The average Bonchev–Trinajstić information content (AvgIpc) is 2.77. The van der Waals surface area contributed by atoms with Gasteiger partial charge in [0.15, 0.2) is 6.61 Å². The minimum absolute atomic E-state index is 0.0192. The van der Waals surface area contributed by atoms with Crippen LogP contribution in [0.25, 0.3) is 0 Å². The number of benzene rings is 2. The third-order valence-electron chi connectivity index (χ3n) is 4.46. The average molecular weight is 453 g/mol. The Balaban J connectivity index is 1.66. The third kappa shape index (κ3) is 5.79. The molecule has 1 fully saturated rings. The number of hydrogen-bond donors (Lipinski definition) is 1. The van der Waals surface area contributed by atoms with Crippen LogP contribution < -0.4 is 4.72 Å². The molecule has 2 aromatic rings. The second kappa shape index (κ2) is 10.0. The lowest BCUT2D eigenvalue weighted by molar-refractivity contribution is -0.138. The molecule has 0 unspecified atom stereocenters. The van der Waals surface area contributed by atoms with Gasteiger partial charge in [0.2, 0.25) is 10.0 Å². The van der Waals surface area contributed by atoms with Crippen LogP contribution in [0.1, 0.15) is 15.9 Å². The molecular weight excluding hydrogens is 432 g/mol. The van der Waals surface area contributed by atoms with E-state index < -0.39 is 22.6 Å². The van der Waals surface area contributed by atoms with Gasteiger partial charge in [-0.3, -0.25) is 4.79 Å². The Morgan fingerprint density at radius 2 is 1.80 bits per heavy atom. The van der Waals surface area contributed by atoms with Crippen LogP contribution in [0.5, 0.6) is 0 Å². The summed E-state index contributed by atoms with van der Waals surface area (Å²) in [7, 11) is -3.97. The third-order valence-corrected chi connectivity index (χ3v) is 6.34. The van der Waals surface area contributed by atoms with E-state index in [9.17, 15) is 18.0 Å². The van der Waals surface area contributed by atoms with Gasteiger partial charge in [-0.1, -0.05) is 41.9 Å². The van der Waals surface area contributed by atoms with Crippen LogP contribution in [-0.4, -0.2) is 58.1 Å². The molecule has 1 N–H and O–H groups in total. The molecule has 0 spiro atoms. The fourth-order valence-electron chi connectivity index (χ4n) is 2.80. The number of esters is 1. The van der Waals surface area contributed by atoms with Crippen LogP contribution in [0.15, 0.2) is 53.4 Å². The number of hydrogen-bond acceptors (Lipinski definition) is 6. The summed E-state index contributed by atoms with van der Waals surface area (Å²) >= 11 is 6.05. The Morgan fingerprint density at radius 1 is 1.10 bits per heavy atom. The zero-order chi connectivity index (χ0) is 21.6. The van der Waals surface area contributed by atoms with Crippen molar-refractivity contribution in [2.24, 2.45) is 0 Å². The van der Waals surface area contributed by atoms with E-state index in [1.54, 1.807) is 29.2 Å². The Hall–Kier alpha value is -2.46. The summed E-state index contributed by atoms with van der Waals surface area (Å²) in [6.07, 6.45) is 0. The first-order valence-corrected chi connectivity index (χ1v) is 11.1. The summed E-state index contributed by atoms with van der Waals surface area (Å²) in [5, 5.41) is -0.0310. The van der Waals surface area contributed by atoms with Crippen LogP contribution in [0.2, 0.25) is 5.02 Å². The summed E-state index contributed by atoms with van der Waals surface area (Å²) in [6.45, 7) is 1.39. The van der Waals surface area contributed by atoms with Crippen LogP contribution in [-0.2, 0) is 30.8 Å². The maximum Gasteiger partial charge on any atom is 0.338 e. The lowest BCUT2D eigenvalue weighted by Crippen LogP contribution is -2.42. The Bertz CT molecular complexity index is 1010. The van der Waals surface area contributed by atoms with Gasteiger partial charge >= 0.3 is 5.97 Å². The van der Waals surface area contributed by atoms with Gasteiger partial charge in [0.1, 0.15) is 4.90 Å². The van der Waals surface area contributed by atoms with Crippen LogP contribution in [0, 0.1) is 0 Å². The molecule has 0 aromatic heterocycles. The molecule has 2 aromatic carbocycles. The molecule has 1 aliphatic heterocycles. The quantitative estimate of drug-likeness (QED) is 0.643. The molecule has 8 nitrogen and oxygen atoms in total. The lowest BCUT2D eigenvalue weighted by atomic mass is 10.2. The normalized spacial score (nSPS) is 14.4. The lowest BCUT2D eigenvalue weighted by Gasteiger charge is -2.26. The fourth-order valence-corrected chi connectivity index (χ4v) is 4.34. The minimum atomic E-state index is -3.97. The van der Waals surface area contributed by atoms with Crippen LogP contribution in [0.4, 0.5) is 0 Å². The molecule has 0 aliphatic carbocycles. The number of nitrogens with one attached hydrogen (secondary N) is 1. The van der Waals surface area contributed by atoms with Crippen molar-refractivity contribution in [3.8, 4) is 0 Å². The van der Waals surface area contributed by atoms with Crippen molar-refractivity contribution in [1.29, 1.82) is 0 Å². The van der Waals surface area contributed by atoms with E-state index in [2.05, 4.69) is 4.72 Å². The molecule has 0 atom stereocenters. The molecule has 3 rings (SSSR count). The summed E-state index contributed by atoms with van der Waals surface area (Å²) in [6, 6.07) is 12.8. The van der Waals surface area contributed by atoms with Gasteiger partial charge in [-0.2, -0.15) is 0 Å². The number of carbonyl (C=O) groups excluding carboxylic acids is 2. The van der Waals surface area contributed by atoms with E-state index in [4.69, 9.17) is 21.1 Å². The molecule has 0 bridgehead atoms. The van der Waals surface area contributed by atoms with Gasteiger partial charge in [0.05, 0.1) is 23.8 Å². The molecule has 30 heavy (non-hydrogen) atoms. The largest absolute Gasteiger partial charge is 0.452 e. The topological polar surface area (TPSA) is 102 Å². The number of sulfonamides is 1. The highest BCUT2D eigenvalue weighted by Crippen LogP contribution is 2.23. The number of rotatable bonds is 7. The molecule has 160 valence electrons. The minimum Gasteiger partial charge on any atom is -0.452 e. The van der Waals surface area contributed by atoms with E-state index in [-0.39, 0.29) is 27.9 Å². The van der Waals surface area contributed by atoms with Gasteiger partial charge in [-0.25, -0.2) is 17.9 Å². The second-order valence-corrected chi connectivity index (χ2v) is 8.67. The number of ether oxygens (including phenoxy) is 2. The maximum absolute atomic E-state index is 12.7. The van der Waals surface area contributed by atoms with E-state index in [1.165, 1.54) is 12.1 Å². The van der Waals surface area contributed by atoms with Crippen LogP contribution in [0.3, 0.4) is 0 Å². The number of morpholine rings is 1. The Labute approximate surface area is 179 Å². The van der Waals surface area contributed by atoms with Crippen molar-refractivity contribution in [2.75, 3.05) is 32.9 Å². The predicted octanol–water partition coefficient (Wildman–Crippen LogP) is 1.83. The van der Waals surface area contributed by atoms with E-state index in [0.29, 0.717) is 26.3 Å². The van der Waals surface area contributed by atoms with Crippen molar-refractivity contribution in [3.05, 3.63) is 64.7 Å². The van der Waals surface area contributed by atoms with Crippen molar-refractivity contribution in [2.45, 2.75) is 11.4 Å². The van der Waals surface area contributed by atoms with Crippen molar-refractivity contribution < 1.29 is 27.5 Å². The molecule has 1 amide bonds. The summed E-state index contributed by atoms with van der Waals surface area (Å²) < 4.78 is 38.0. The maximum atomic E-state index is 12.7. The standard InChI is InChI=1S/C20H21ClN2O6S/c21-17-7-6-16(20(25)29-14-19(24)23-8-10-28-11-9-23)12-18(17)30(26,27)22-13-15-4-2-1-3-5-15/h1-7,12,22H,8-11,13-14H2. The van der Waals surface area contributed by atoms with Gasteiger partial charge < -0.3 is 14.4 Å². The molecule has 1 heterocycles. The van der Waals surface area contributed by atoms with E-state index >= 15 is 0 Å². The van der Waals surface area contributed by atoms with Gasteiger partial charge in [-0.05, 0) is 23.8 Å². The summed E-state index contributed by atoms with van der Waals surface area (Å²) in [4.78, 5) is 25.7. The predicted molar refractivity (Wildman–Crippen MR) is 110 cm³/mol.